The Balaban J connectivity index is 0.00000289. The van der Waals surface area contributed by atoms with Crippen LogP contribution in [-0.4, -0.2) is 57.7 Å². The number of carbonyl (C=O) groups is 1. The van der Waals surface area contributed by atoms with Crippen LogP contribution in [0.5, 0.6) is 0 Å². The minimum atomic E-state index is 0. The Labute approximate surface area is 204 Å². The number of halogens is 1. The topological polar surface area (TPSA) is 91.8 Å². The van der Waals surface area contributed by atoms with Gasteiger partial charge in [-0.05, 0) is 26.0 Å². The second kappa shape index (κ2) is 10.6. The van der Waals surface area contributed by atoms with Crippen molar-refractivity contribution < 1.29 is 9.21 Å². The average Bonchev–Trinajstić information content (AvgIpc) is 3.41. The first kappa shape index (κ1) is 23.8. The fourth-order valence-corrected chi connectivity index (χ4v) is 3.46. The number of aromatic nitrogens is 3. The lowest BCUT2D eigenvalue weighted by atomic mass is 10.1. The molecule has 0 atom stereocenters. The third kappa shape index (κ3) is 5.47. The van der Waals surface area contributed by atoms with Crippen LogP contribution in [0.1, 0.15) is 18.2 Å². The summed E-state index contributed by atoms with van der Waals surface area (Å²) < 4.78 is 7.33. The normalized spacial score (nSPS) is 14.5. The Morgan fingerprint density at radius 3 is 2.69 bits per heavy atom. The quantitative estimate of drug-likeness (QED) is 0.299. The molecule has 170 valence electrons. The van der Waals surface area contributed by atoms with Gasteiger partial charge < -0.3 is 19.5 Å². The first-order valence-corrected chi connectivity index (χ1v) is 10.4. The lowest BCUT2D eigenvalue weighted by Gasteiger charge is -2.35. The number of piperazine rings is 1. The summed E-state index contributed by atoms with van der Waals surface area (Å²) in [5, 5.41) is 7.44. The highest BCUT2D eigenvalue weighted by molar-refractivity contribution is 14.0. The van der Waals surface area contributed by atoms with Gasteiger partial charge in [0.05, 0.1) is 18.4 Å². The van der Waals surface area contributed by atoms with Crippen molar-refractivity contribution in [2.45, 2.75) is 20.4 Å². The molecule has 0 radical (unpaired) electrons. The predicted octanol–water partition coefficient (Wildman–Crippen LogP) is 2.82. The van der Waals surface area contributed by atoms with E-state index in [2.05, 4.69) is 20.4 Å². The predicted molar refractivity (Wildman–Crippen MR) is 134 cm³/mol. The lowest BCUT2D eigenvalue weighted by Crippen LogP contribution is -2.55. The zero-order chi connectivity index (χ0) is 21.8. The van der Waals surface area contributed by atoms with Gasteiger partial charge in [-0.25, -0.2) is 9.98 Å². The van der Waals surface area contributed by atoms with Gasteiger partial charge in [0.25, 0.3) is 0 Å². The first-order chi connectivity index (χ1) is 15.0. The maximum absolute atomic E-state index is 12.7. The summed E-state index contributed by atoms with van der Waals surface area (Å²) in [7, 11) is 1.84. The van der Waals surface area contributed by atoms with Crippen molar-refractivity contribution in [3.8, 4) is 11.5 Å². The van der Waals surface area contributed by atoms with Crippen LogP contribution in [0.25, 0.3) is 11.5 Å². The number of amides is 1. The van der Waals surface area contributed by atoms with Crippen molar-refractivity contribution >= 4 is 41.5 Å². The molecule has 0 spiro atoms. The number of guanidine groups is 1. The average molecular weight is 549 g/mol. The van der Waals surface area contributed by atoms with Crippen LogP contribution in [0.4, 0.5) is 5.69 Å². The number of aryl methyl sites for hydroxylation is 2. The zero-order valence-corrected chi connectivity index (χ0v) is 20.8. The molecule has 0 aliphatic carbocycles. The molecular weight excluding hydrogens is 521 g/mol. The molecule has 9 nitrogen and oxygen atoms in total. The van der Waals surface area contributed by atoms with Gasteiger partial charge in [-0.3, -0.25) is 9.48 Å². The molecule has 2 aromatic heterocycles. The molecule has 1 amide bonds. The van der Waals surface area contributed by atoms with Gasteiger partial charge in [0, 0.05) is 38.4 Å². The van der Waals surface area contributed by atoms with Gasteiger partial charge in [0.1, 0.15) is 18.5 Å². The van der Waals surface area contributed by atoms with Gasteiger partial charge in [-0.2, -0.15) is 5.10 Å². The second-order valence-corrected chi connectivity index (χ2v) is 7.52. The minimum absolute atomic E-state index is 0. The SMILES string of the molecule is CCNC(=NCc1coc(-c2ccc(C)cc2)n1)N1CCN(c2cnn(C)c2)C(=O)C1.I. The van der Waals surface area contributed by atoms with E-state index in [1.807, 2.05) is 56.3 Å². The van der Waals surface area contributed by atoms with E-state index in [4.69, 9.17) is 4.42 Å². The number of oxazole rings is 1. The number of nitrogens with one attached hydrogen (secondary N) is 1. The fourth-order valence-electron chi connectivity index (χ4n) is 3.46. The fraction of sp³-hybridized carbons (Fsp3) is 0.364. The molecule has 1 aromatic carbocycles. The van der Waals surface area contributed by atoms with Crippen LogP contribution in [0.2, 0.25) is 0 Å². The van der Waals surface area contributed by atoms with Gasteiger partial charge in [0.15, 0.2) is 5.96 Å². The van der Waals surface area contributed by atoms with E-state index in [9.17, 15) is 4.79 Å². The molecule has 1 aliphatic heterocycles. The maximum atomic E-state index is 12.7. The number of aliphatic imine (C=N–C) groups is 1. The second-order valence-electron chi connectivity index (χ2n) is 7.52. The first-order valence-electron chi connectivity index (χ1n) is 10.4. The Morgan fingerprint density at radius 1 is 1.25 bits per heavy atom. The van der Waals surface area contributed by atoms with Gasteiger partial charge >= 0.3 is 0 Å². The number of nitrogens with zero attached hydrogens (tertiary/aromatic N) is 6. The summed E-state index contributed by atoms with van der Waals surface area (Å²) in [6.07, 6.45) is 5.19. The highest BCUT2D eigenvalue weighted by atomic mass is 127. The van der Waals surface area contributed by atoms with E-state index in [0.717, 1.165) is 16.9 Å². The van der Waals surface area contributed by atoms with E-state index in [1.54, 1.807) is 22.0 Å². The van der Waals surface area contributed by atoms with Crippen molar-refractivity contribution in [3.63, 3.8) is 0 Å². The molecule has 1 N–H and O–H groups in total. The number of benzene rings is 1. The lowest BCUT2D eigenvalue weighted by molar-refractivity contribution is -0.120. The number of hydrogen-bond acceptors (Lipinski definition) is 5. The molecule has 4 rings (SSSR count). The standard InChI is InChI=1S/C22H27N7O2.HI/c1-4-23-22(28-9-10-29(20(30)14-28)19-12-25-27(3)13-19)24-11-18-15-31-21(26-18)17-7-5-16(2)6-8-17;/h5-8,12-13,15H,4,9-11,14H2,1-3H3,(H,23,24);1H. The summed E-state index contributed by atoms with van der Waals surface area (Å²) in [6.45, 7) is 6.65. The van der Waals surface area contributed by atoms with Crippen molar-refractivity contribution in [3.05, 3.63) is 54.2 Å². The largest absolute Gasteiger partial charge is 0.444 e. The molecule has 32 heavy (non-hydrogen) atoms. The maximum Gasteiger partial charge on any atom is 0.246 e. The molecule has 10 heteroatoms. The van der Waals surface area contributed by atoms with E-state index in [1.165, 1.54) is 5.56 Å². The molecule has 0 unspecified atom stereocenters. The van der Waals surface area contributed by atoms with Crippen LogP contribution in [0, 0.1) is 6.92 Å². The highest BCUT2D eigenvalue weighted by Gasteiger charge is 2.27. The number of hydrogen-bond donors (Lipinski definition) is 1. The molecule has 1 saturated heterocycles. The Hall–Kier alpha value is -2.89. The van der Waals surface area contributed by atoms with E-state index < -0.39 is 0 Å². The van der Waals surface area contributed by atoms with E-state index >= 15 is 0 Å². The number of rotatable bonds is 5. The van der Waals surface area contributed by atoms with Crippen molar-refractivity contribution in [2.24, 2.45) is 12.0 Å². The molecule has 1 fully saturated rings. The number of carbonyl (C=O) groups excluding carboxylic acids is 1. The molecule has 3 aromatic rings. The molecule has 0 bridgehead atoms. The number of anilines is 1. The summed E-state index contributed by atoms with van der Waals surface area (Å²) in [5.74, 6) is 1.30. The van der Waals surface area contributed by atoms with E-state index in [0.29, 0.717) is 38.0 Å². The Morgan fingerprint density at radius 2 is 2.03 bits per heavy atom. The summed E-state index contributed by atoms with van der Waals surface area (Å²) >= 11 is 0. The zero-order valence-electron chi connectivity index (χ0n) is 18.5. The van der Waals surface area contributed by atoms with Crippen LogP contribution < -0.4 is 10.2 Å². The summed E-state index contributed by atoms with van der Waals surface area (Å²) in [4.78, 5) is 25.7. The van der Waals surface area contributed by atoms with Crippen LogP contribution >= 0.6 is 24.0 Å². The highest BCUT2D eigenvalue weighted by Crippen LogP contribution is 2.20. The third-order valence-corrected chi connectivity index (χ3v) is 5.10. The van der Waals surface area contributed by atoms with Gasteiger partial charge in [-0.15, -0.1) is 24.0 Å². The van der Waals surface area contributed by atoms with Crippen LogP contribution in [0.15, 0.2) is 52.3 Å². The van der Waals surface area contributed by atoms with Gasteiger partial charge in [-0.1, -0.05) is 17.7 Å². The Bertz CT molecular complexity index is 1070. The smallest absolute Gasteiger partial charge is 0.246 e. The van der Waals surface area contributed by atoms with Crippen LogP contribution in [-0.2, 0) is 18.4 Å². The van der Waals surface area contributed by atoms with Gasteiger partial charge in [0.2, 0.25) is 11.8 Å². The molecule has 0 saturated carbocycles. The van der Waals surface area contributed by atoms with Crippen molar-refractivity contribution in [2.75, 3.05) is 31.1 Å². The summed E-state index contributed by atoms with van der Waals surface area (Å²) in [5.41, 5.74) is 3.69. The molecule has 1 aliphatic rings. The van der Waals surface area contributed by atoms with E-state index in [-0.39, 0.29) is 36.4 Å². The monoisotopic (exact) mass is 549 g/mol. The Kier molecular flexibility index (Phi) is 7.89. The molecule has 3 heterocycles. The summed E-state index contributed by atoms with van der Waals surface area (Å²) in [6, 6.07) is 8.04. The minimum Gasteiger partial charge on any atom is -0.444 e. The van der Waals surface area contributed by atoms with Crippen LogP contribution in [0.3, 0.4) is 0 Å². The van der Waals surface area contributed by atoms with Crippen molar-refractivity contribution in [1.29, 1.82) is 0 Å². The van der Waals surface area contributed by atoms with Crippen molar-refractivity contribution in [1.82, 2.24) is 25.0 Å². The third-order valence-electron chi connectivity index (χ3n) is 5.10. The molecular formula is C22H28IN7O2.